The van der Waals surface area contributed by atoms with Gasteiger partial charge < -0.3 is 4.74 Å². The molecule has 0 atom stereocenters. The standard InChI is InChI=1S/C10H9Br2ClO2/c1-2-15-9(14)5-6-3-7(11)10(13)8(12)4-6/h3-4H,2,5H2,1H3. The molecule has 15 heavy (non-hydrogen) atoms. The van der Waals surface area contributed by atoms with Crippen molar-refractivity contribution in [1.29, 1.82) is 0 Å². The highest BCUT2D eigenvalue weighted by atomic mass is 79.9. The fourth-order valence-corrected chi connectivity index (χ4v) is 2.48. The predicted molar refractivity (Wildman–Crippen MR) is 67.2 cm³/mol. The van der Waals surface area contributed by atoms with E-state index in [9.17, 15) is 4.79 Å². The van der Waals surface area contributed by atoms with Crippen molar-refractivity contribution in [3.05, 3.63) is 31.7 Å². The van der Waals surface area contributed by atoms with Crippen molar-refractivity contribution >= 4 is 49.4 Å². The summed E-state index contributed by atoms with van der Waals surface area (Å²) in [5.41, 5.74) is 0.858. The molecule has 82 valence electrons. The summed E-state index contributed by atoms with van der Waals surface area (Å²) in [7, 11) is 0. The summed E-state index contributed by atoms with van der Waals surface area (Å²) in [5.74, 6) is -0.237. The minimum Gasteiger partial charge on any atom is -0.466 e. The molecule has 0 bridgehead atoms. The number of ether oxygens (including phenoxy) is 1. The zero-order chi connectivity index (χ0) is 11.4. The Balaban J connectivity index is 2.83. The molecule has 1 aromatic carbocycles. The van der Waals surface area contributed by atoms with Gasteiger partial charge in [0.2, 0.25) is 0 Å². The molecule has 0 aromatic heterocycles. The number of carbonyl (C=O) groups excluding carboxylic acids is 1. The third kappa shape index (κ3) is 3.78. The van der Waals surface area contributed by atoms with Crippen LogP contribution >= 0.6 is 43.5 Å². The minimum absolute atomic E-state index is 0.237. The van der Waals surface area contributed by atoms with Gasteiger partial charge in [-0.2, -0.15) is 0 Å². The molecule has 0 heterocycles. The number of halogens is 3. The molecule has 0 aliphatic carbocycles. The highest BCUT2D eigenvalue weighted by molar-refractivity contribution is 9.11. The normalized spacial score (nSPS) is 10.1. The topological polar surface area (TPSA) is 26.3 Å². The maximum atomic E-state index is 11.2. The Morgan fingerprint density at radius 1 is 1.40 bits per heavy atom. The maximum absolute atomic E-state index is 11.2. The van der Waals surface area contributed by atoms with Crippen LogP contribution in [0.15, 0.2) is 21.1 Å². The first-order valence-electron chi connectivity index (χ1n) is 4.33. The van der Waals surface area contributed by atoms with Gasteiger partial charge in [0.1, 0.15) is 0 Å². The van der Waals surface area contributed by atoms with Crippen molar-refractivity contribution in [3.63, 3.8) is 0 Å². The smallest absolute Gasteiger partial charge is 0.310 e. The summed E-state index contributed by atoms with van der Waals surface area (Å²) in [6.07, 6.45) is 0.252. The van der Waals surface area contributed by atoms with Gasteiger partial charge >= 0.3 is 5.97 Å². The van der Waals surface area contributed by atoms with Crippen LogP contribution in [0, 0.1) is 0 Å². The summed E-state index contributed by atoms with van der Waals surface area (Å²) in [6.45, 7) is 2.18. The molecule has 0 fully saturated rings. The highest BCUT2D eigenvalue weighted by Gasteiger charge is 2.09. The van der Waals surface area contributed by atoms with Crippen molar-refractivity contribution in [3.8, 4) is 0 Å². The molecular weight excluding hydrogens is 347 g/mol. The molecule has 0 N–H and O–H groups in total. The van der Waals surface area contributed by atoms with Gasteiger partial charge in [0.15, 0.2) is 0 Å². The van der Waals surface area contributed by atoms with Gasteiger partial charge in [0.05, 0.1) is 18.1 Å². The highest BCUT2D eigenvalue weighted by Crippen LogP contribution is 2.31. The number of esters is 1. The van der Waals surface area contributed by atoms with Crippen LogP contribution in [0.2, 0.25) is 5.02 Å². The van der Waals surface area contributed by atoms with Gasteiger partial charge in [-0.25, -0.2) is 0 Å². The van der Waals surface area contributed by atoms with Crippen LogP contribution in [0.25, 0.3) is 0 Å². The lowest BCUT2D eigenvalue weighted by Crippen LogP contribution is -2.07. The summed E-state index contributed by atoms with van der Waals surface area (Å²) in [5, 5.41) is 0.600. The molecule has 0 radical (unpaired) electrons. The quantitative estimate of drug-likeness (QED) is 0.605. The summed E-state index contributed by atoms with van der Waals surface area (Å²) in [4.78, 5) is 11.2. The van der Waals surface area contributed by atoms with Gasteiger partial charge in [-0.05, 0) is 56.5 Å². The Kier molecular flexibility index (Phi) is 5.09. The SMILES string of the molecule is CCOC(=O)Cc1cc(Br)c(Cl)c(Br)c1. The van der Waals surface area contributed by atoms with Gasteiger partial charge in [-0.1, -0.05) is 11.6 Å². The molecule has 5 heteroatoms. The van der Waals surface area contributed by atoms with Gasteiger partial charge in [-0.3, -0.25) is 4.79 Å². The molecule has 0 unspecified atom stereocenters. The zero-order valence-corrected chi connectivity index (χ0v) is 11.9. The van der Waals surface area contributed by atoms with E-state index in [4.69, 9.17) is 16.3 Å². The lowest BCUT2D eigenvalue weighted by molar-refractivity contribution is -0.142. The summed E-state index contributed by atoms with van der Waals surface area (Å²) < 4.78 is 6.38. The molecular formula is C10H9Br2ClO2. The summed E-state index contributed by atoms with van der Waals surface area (Å²) in [6, 6.07) is 3.62. The van der Waals surface area contributed by atoms with Crippen LogP contribution in [-0.4, -0.2) is 12.6 Å². The van der Waals surface area contributed by atoms with E-state index in [-0.39, 0.29) is 12.4 Å². The van der Waals surface area contributed by atoms with Crippen molar-refractivity contribution in [1.82, 2.24) is 0 Å². The predicted octanol–water partition coefficient (Wildman–Crippen LogP) is 3.97. The van der Waals surface area contributed by atoms with Crippen molar-refractivity contribution < 1.29 is 9.53 Å². The molecule has 0 saturated heterocycles. The molecule has 0 spiro atoms. The second-order valence-corrected chi connectivity index (χ2v) is 4.94. The number of hydrogen-bond acceptors (Lipinski definition) is 2. The molecule has 0 saturated carbocycles. The third-order valence-electron chi connectivity index (χ3n) is 1.70. The fourth-order valence-electron chi connectivity index (χ4n) is 1.09. The number of carbonyl (C=O) groups is 1. The first-order chi connectivity index (χ1) is 7.04. The van der Waals surface area contributed by atoms with Gasteiger partial charge in [-0.15, -0.1) is 0 Å². The van der Waals surface area contributed by atoms with E-state index in [1.165, 1.54) is 0 Å². The Morgan fingerprint density at radius 3 is 2.40 bits per heavy atom. The van der Waals surface area contributed by atoms with E-state index in [0.717, 1.165) is 14.5 Å². The van der Waals surface area contributed by atoms with E-state index in [0.29, 0.717) is 11.6 Å². The van der Waals surface area contributed by atoms with Crippen LogP contribution in [0.1, 0.15) is 12.5 Å². The lowest BCUT2D eigenvalue weighted by Gasteiger charge is -2.05. The van der Waals surface area contributed by atoms with E-state index in [1.807, 2.05) is 12.1 Å². The largest absolute Gasteiger partial charge is 0.466 e. The van der Waals surface area contributed by atoms with Crippen molar-refractivity contribution in [2.24, 2.45) is 0 Å². The van der Waals surface area contributed by atoms with Crippen molar-refractivity contribution in [2.45, 2.75) is 13.3 Å². The van der Waals surface area contributed by atoms with E-state index in [1.54, 1.807) is 6.92 Å². The van der Waals surface area contributed by atoms with Gasteiger partial charge in [0.25, 0.3) is 0 Å². The van der Waals surface area contributed by atoms with Crippen LogP contribution in [0.4, 0.5) is 0 Å². The third-order valence-corrected chi connectivity index (χ3v) is 3.81. The van der Waals surface area contributed by atoms with E-state index in [2.05, 4.69) is 31.9 Å². The molecule has 1 aromatic rings. The average molecular weight is 356 g/mol. The first kappa shape index (κ1) is 13.0. The Morgan fingerprint density at radius 2 is 1.93 bits per heavy atom. The van der Waals surface area contributed by atoms with Crippen molar-refractivity contribution in [2.75, 3.05) is 6.61 Å². The van der Waals surface area contributed by atoms with Crippen LogP contribution in [-0.2, 0) is 16.0 Å². The Labute approximate surface area is 110 Å². The lowest BCUT2D eigenvalue weighted by atomic mass is 10.1. The minimum atomic E-state index is -0.237. The van der Waals surface area contributed by atoms with E-state index >= 15 is 0 Å². The monoisotopic (exact) mass is 354 g/mol. The number of rotatable bonds is 3. The molecule has 2 nitrogen and oxygen atoms in total. The zero-order valence-electron chi connectivity index (χ0n) is 8.02. The average Bonchev–Trinajstić information content (AvgIpc) is 2.14. The second kappa shape index (κ2) is 5.87. The Hall–Kier alpha value is -0.0600. The fraction of sp³-hybridized carbons (Fsp3) is 0.300. The molecule has 0 aliphatic heterocycles. The molecule has 1 rings (SSSR count). The Bertz CT molecular complexity index is 357. The molecule has 0 aliphatic rings. The first-order valence-corrected chi connectivity index (χ1v) is 6.30. The van der Waals surface area contributed by atoms with Crippen LogP contribution in [0.3, 0.4) is 0 Å². The van der Waals surface area contributed by atoms with Crippen LogP contribution < -0.4 is 0 Å². The number of hydrogen-bond donors (Lipinski definition) is 0. The summed E-state index contributed by atoms with van der Waals surface area (Å²) >= 11 is 12.6. The van der Waals surface area contributed by atoms with Crippen LogP contribution in [0.5, 0.6) is 0 Å². The van der Waals surface area contributed by atoms with E-state index < -0.39 is 0 Å². The van der Waals surface area contributed by atoms with Gasteiger partial charge in [0, 0.05) is 8.95 Å². The maximum Gasteiger partial charge on any atom is 0.310 e. The molecule has 0 amide bonds. The second-order valence-electron chi connectivity index (χ2n) is 2.86. The number of benzene rings is 1.